The number of rotatable bonds is 7. The van der Waals surface area contributed by atoms with Crippen LogP contribution >= 0.6 is 11.6 Å². The number of benzene rings is 3. The van der Waals surface area contributed by atoms with E-state index in [0.29, 0.717) is 28.5 Å². The molecule has 0 saturated carbocycles. The van der Waals surface area contributed by atoms with Crippen molar-refractivity contribution >= 4 is 28.4 Å². The fourth-order valence-electron chi connectivity index (χ4n) is 5.11. The number of piperidine rings is 1. The molecule has 0 N–H and O–H groups in total. The Morgan fingerprint density at radius 2 is 1.76 bits per heavy atom. The maximum Gasteiger partial charge on any atom is 0.228 e. The highest BCUT2D eigenvalue weighted by Gasteiger charge is 2.25. The first-order valence-corrected chi connectivity index (χ1v) is 13.2. The second kappa shape index (κ2) is 10.4. The molecule has 5 nitrogen and oxygen atoms in total. The van der Waals surface area contributed by atoms with Gasteiger partial charge in [0.2, 0.25) is 5.78 Å². The molecule has 3 heterocycles. The average molecular weight is 514 g/mol. The zero-order valence-corrected chi connectivity index (χ0v) is 21.3. The number of fused-ring (bicyclic) bond motifs is 2. The van der Waals surface area contributed by atoms with Crippen LogP contribution in [-0.2, 0) is 6.42 Å². The molecule has 0 amide bonds. The Labute approximate surface area is 221 Å². The third-order valence-corrected chi connectivity index (χ3v) is 7.33. The SMILES string of the molecule is O=C(c1ccc(Cl)cc1)c1oc2cc3c(cc2c1-c1ccc(OCCN2CCCCC2)cc1)CC=CO3. The molecule has 3 aromatic carbocycles. The minimum atomic E-state index is -0.193. The summed E-state index contributed by atoms with van der Waals surface area (Å²) >= 11 is 6.05. The predicted molar refractivity (Wildman–Crippen MR) is 146 cm³/mol. The Bertz CT molecular complexity index is 1450. The summed E-state index contributed by atoms with van der Waals surface area (Å²) < 4.78 is 17.9. The number of hydrogen-bond acceptors (Lipinski definition) is 5. The van der Waals surface area contributed by atoms with Crippen molar-refractivity contribution in [2.45, 2.75) is 25.7 Å². The van der Waals surface area contributed by atoms with E-state index in [-0.39, 0.29) is 5.78 Å². The third kappa shape index (κ3) is 5.02. The lowest BCUT2D eigenvalue weighted by molar-refractivity contribution is 0.101. The number of ketones is 1. The van der Waals surface area contributed by atoms with E-state index in [1.165, 1.54) is 19.3 Å². The summed E-state index contributed by atoms with van der Waals surface area (Å²) in [4.78, 5) is 16.1. The number of nitrogens with zero attached hydrogens (tertiary/aromatic N) is 1. The molecule has 1 aromatic heterocycles. The number of hydrogen-bond donors (Lipinski definition) is 0. The van der Waals surface area contributed by atoms with Gasteiger partial charge in [-0.15, -0.1) is 0 Å². The largest absolute Gasteiger partial charge is 0.492 e. The zero-order chi connectivity index (χ0) is 25.2. The molecule has 37 heavy (non-hydrogen) atoms. The van der Waals surface area contributed by atoms with Gasteiger partial charge in [0, 0.05) is 34.1 Å². The second-order valence-corrected chi connectivity index (χ2v) is 10.0. The van der Waals surface area contributed by atoms with Crippen LogP contribution < -0.4 is 9.47 Å². The van der Waals surface area contributed by atoms with E-state index in [9.17, 15) is 4.79 Å². The molecule has 6 heteroatoms. The Morgan fingerprint density at radius 3 is 2.54 bits per heavy atom. The lowest BCUT2D eigenvalue weighted by atomic mass is 9.96. The van der Waals surface area contributed by atoms with E-state index in [1.54, 1.807) is 30.5 Å². The third-order valence-electron chi connectivity index (χ3n) is 7.08. The number of ether oxygens (including phenoxy) is 2. The highest BCUT2D eigenvalue weighted by atomic mass is 35.5. The molecule has 2 aliphatic heterocycles. The molecule has 6 rings (SSSR count). The molecule has 0 radical (unpaired) electrons. The summed E-state index contributed by atoms with van der Waals surface area (Å²) in [6, 6.07) is 18.7. The average Bonchev–Trinajstić information content (AvgIpc) is 3.31. The van der Waals surface area contributed by atoms with Crippen LogP contribution in [0.1, 0.15) is 40.9 Å². The number of carbonyl (C=O) groups excluding carboxylic acids is 1. The van der Waals surface area contributed by atoms with Gasteiger partial charge in [0.05, 0.1) is 6.26 Å². The van der Waals surface area contributed by atoms with Gasteiger partial charge in [0.1, 0.15) is 23.7 Å². The van der Waals surface area contributed by atoms with E-state index in [4.69, 9.17) is 25.5 Å². The smallest absolute Gasteiger partial charge is 0.228 e. The van der Waals surface area contributed by atoms with Crippen molar-refractivity contribution in [2.75, 3.05) is 26.2 Å². The van der Waals surface area contributed by atoms with E-state index >= 15 is 0 Å². The van der Waals surface area contributed by atoms with Gasteiger partial charge in [-0.2, -0.15) is 0 Å². The normalized spacial score (nSPS) is 15.4. The van der Waals surface area contributed by atoms with Gasteiger partial charge in [-0.25, -0.2) is 0 Å². The number of likely N-dealkylation sites (tertiary alicyclic amines) is 1. The van der Waals surface area contributed by atoms with Gasteiger partial charge >= 0.3 is 0 Å². The van der Waals surface area contributed by atoms with Crippen molar-refractivity contribution in [1.29, 1.82) is 0 Å². The van der Waals surface area contributed by atoms with Crippen molar-refractivity contribution < 1.29 is 18.7 Å². The predicted octanol–water partition coefficient (Wildman–Crippen LogP) is 7.30. The summed E-state index contributed by atoms with van der Waals surface area (Å²) in [6.45, 7) is 3.92. The molecule has 0 spiro atoms. The highest BCUT2D eigenvalue weighted by molar-refractivity contribution is 6.30. The van der Waals surface area contributed by atoms with Crippen LogP contribution in [0.15, 0.2) is 77.4 Å². The Morgan fingerprint density at radius 1 is 0.973 bits per heavy atom. The first kappa shape index (κ1) is 23.8. The van der Waals surface area contributed by atoms with E-state index in [0.717, 1.165) is 59.6 Å². The number of halogens is 1. The summed E-state index contributed by atoms with van der Waals surface area (Å²) in [5, 5.41) is 1.46. The van der Waals surface area contributed by atoms with Crippen molar-refractivity contribution in [1.82, 2.24) is 4.90 Å². The molecule has 0 bridgehead atoms. The van der Waals surface area contributed by atoms with Gasteiger partial charge in [0.25, 0.3) is 0 Å². The Kier molecular flexibility index (Phi) is 6.73. The van der Waals surface area contributed by atoms with Crippen molar-refractivity contribution in [3.63, 3.8) is 0 Å². The standard InChI is InChI=1S/C31H28ClNO4/c32-24-10-6-22(7-11-24)30(34)31-29(26-19-23-5-4-17-36-27(23)20-28(26)37-31)21-8-12-25(13-9-21)35-18-16-33-14-2-1-3-15-33/h4,6-13,17,19-20H,1-3,5,14-16,18H2. The maximum absolute atomic E-state index is 13.6. The molecule has 1 saturated heterocycles. The van der Waals surface area contributed by atoms with E-state index < -0.39 is 0 Å². The minimum absolute atomic E-state index is 0.193. The first-order chi connectivity index (χ1) is 18.2. The van der Waals surface area contributed by atoms with Gasteiger partial charge < -0.3 is 13.9 Å². The van der Waals surface area contributed by atoms with Gasteiger partial charge in [0.15, 0.2) is 5.76 Å². The quantitative estimate of drug-likeness (QED) is 0.243. The van der Waals surface area contributed by atoms with Crippen LogP contribution in [0.2, 0.25) is 5.02 Å². The summed E-state index contributed by atoms with van der Waals surface area (Å²) in [5.74, 6) is 1.67. The highest BCUT2D eigenvalue weighted by Crippen LogP contribution is 2.40. The molecule has 2 aliphatic rings. The summed E-state index contributed by atoms with van der Waals surface area (Å²) in [7, 11) is 0. The lowest BCUT2D eigenvalue weighted by Crippen LogP contribution is -2.33. The van der Waals surface area contributed by atoms with Crippen LogP contribution in [0.5, 0.6) is 11.5 Å². The van der Waals surface area contributed by atoms with Crippen molar-refractivity contribution in [3.8, 4) is 22.6 Å². The molecule has 0 atom stereocenters. The Hall–Kier alpha value is -3.54. The fraction of sp³-hybridized carbons (Fsp3) is 0.258. The summed E-state index contributed by atoms with van der Waals surface area (Å²) in [5.41, 5.74) is 3.85. The van der Waals surface area contributed by atoms with Crippen LogP contribution in [0.3, 0.4) is 0 Å². The first-order valence-electron chi connectivity index (χ1n) is 12.8. The summed E-state index contributed by atoms with van der Waals surface area (Å²) in [6.07, 6.45) is 8.30. The molecular weight excluding hydrogens is 486 g/mol. The molecule has 0 unspecified atom stereocenters. The van der Waals surface area contributed by atoms with Gasteiger partial charge in [-0.1, -0.05) is 30.2 Å². The van der Waals surface area contributed by atoms with Crippen molar-refractivity contribution in [2.24, 2.45) is 0 Å². The molecular formula is C31H28ClNO4. The van der Waals surface area contributed by atoms with Gasteiger partial charge in [-0.3, -0.25) is 9.69 Å². The maximum atomic E-state index is 13.6. The number of furan rings is 1. The van der Waals surface area contributed by atoms with Crippen LogP contribution in [0.25, 0.3) is 22.1 Å². The lowest BCUT2D eigenvalue weighted by Gasteiger charge is -2.26. The van der Waals surface area contributed by atoms with Gasteiger partial charge in [-0.05, 0) is 92.0 Å². The second-order valence-electron chi connectivity index (χ2n) is 9.57. The van der Waals surface area contributed by atoms with Crippen LogP contribution in [-0.4, -0.2) is 36.9 Å². The Balaban J connectivity index is 1.33. The zero-order valence-electron chi connectivity index (χ0n) is 20.5. The van der Waals surface area contributed by atoms with E-state index in [1.807, 2.05) is 36.4 Å². The molecule has 188 valence electrons. The molecule has 4 aromatic rings. The number of allylic oxidation sites excluding steroid dienone is 1. The minimum Gasteiger partial charge on any atom is -0.492 e. The molecule has 1 fully saturated rings. The number of carbonyl (C=O) groups is 1. The van der Waals surface area contributed by atoms with E-state index in [2.05, 4.69) is 11.0 Å². The van der Waals surface area contributed by atoms with Crippen molar-refractivity contribution in [3.05, 3.63) is 94.9 Å². The topological polar surface area (TPSA) is 51.9 Å². The monoisotopic (exact) mass is 513 g/mol. The molecule has 0 aliphatic carbocycles. The van der Waals surface area contributed by atoms with Crippen LogP contribution in [0, 0.1) is 0 Å². The van der Waals surface area contributed by atoms with Crippen LogP contribution in [0.4, 0.5) is 0 Å². The fourth-order valence-corrected chi connectivity index (χ4v) is 5.23.